The Morgan fingerprint density at radius 2 is 1.31 bits per heavy atom. The van der Waals surface area contributed by atoms with Crippen LogP contribution in [0.2, 0.25) is 0 Å². The van der Waals surface area contributed by atoms with E-state index in [-0.39, 0.29) is 0 Å². The van der Waals surface area contributed by atoms with Gasteiger partial charge in [-0.25, -0.2) is 0 Å². The van der Waals surface area contributed by atoms with E-state index in [0.717, 1.165) is 24.7 Å². The Hall–Kier alpha value is -2.04. The highest BCUT2D eigenvalue weighted by Crippen LogP contribution is 2.42. The Kier molecular flexibility index (Phi) is 5.47. The zero-order chi connectivity index (χ0) is 19.6. The molecule has 2 unspecified atom stereocenters. The highest BCUT2D eigenvalue weighted by molar-refractivity contribution is 5.38. The van der Waals surface area contributed by atoms with E-state index in [0.29, 0.717) is 37.3 Å². The summed E-state index contributed by atoms with van der Waals surface area (Å²) < 4.78 is 22.0. The minimum atomic E-state index is 0.304. The third-order valence-electron chi connectivity index (χ3n) is 6.44. The summed E-state index contributed by atoms with van der Waals surface area (Å²) in [6.45, 7) is 5.23. The summed E-state index contributed by atoms with van der Waals surface area (Å²) in [6.07, 6.45) is 5.60. The zero-order valence-corrected chi connectivity index (χ0v) is 17.1. The smallest absolute Gasteiger partial charge is 0.119 e. The van der Waals surface area contributed by atoms with Gasteiger partial charge in [0.2, 0.25) is 0 Å². The Morgan fingerprint density at radius 3 is 1.90 bits per heavy atom. The first-order valence-corrected chi connectivity index (χ1v) is 10.9. The predicted molar refractivity (Wildman–Crippen MR) is 112 cm³/mol. The lowest BCUT2D eigenvalue weighted by Crippen LogP contribution is -2.13. The van der Waals surface area contributed by atoms with Gasteiger partial charge in [0, 0.05) is 0 Å². The minimum Gasteiger partial charge on any atom is -0.491 e. The van der Waals surface area contributed by atoms with Crippen LogP contribution in [0.5, 0.6) is 11.5 Å². The average molecular weight is 395 g/mol. The van der Waals surface area contributed by atoms with Crippen molar-refractivity contribution < 1.29 is 18.9 Å². The molecule has 5 rings (SSSR count). The van der Waals surface area contributed by atoms with Gasteiger partial charge in [-0.15, -0.1) is 0 Å². The van der Waals surface area contributed by atoms with Gasteiger partial charge in [0.25, 0.3) is 0 Å². The summed E-state index contributed by atoms with van der Waals surface area (Å²) in [7, 11) is 0. The molecule has 0 radical (unpaired) electrons. The van der Waals surface area contributed by atoms with E-state index in [2.05, 4.69) is 49.4 Å². The van der Waals surface area contributed by atoms with E-state index in [1.54, 1.807) is 0 Å². The van der Waals surface area contributed by atoms with E-state index in [1.807, 2.05) is 0 Å². The molecule has 1 aliphatic carbocycles. The van der Waals surface area contributed by atoms with Crippen LogP contribution in [-0.4, -0.2) is 38.6 Å². The fraction of sp³-hybridized carbons (Fsp3) is 0.520. The number of benzene rings is 2. The van der Waals surface area contributed by atoms with Crippen LogP contribution in [0, 0.1) is 6.92 Å². The van der Waals surface area contributed by atoms with Crippen LogP contribution in [0.15, 0.2) is 42.5 Å². The molecule has 2 aliphatic heterocycles. The van der Waals surface area contributed by atoms with Crippen molar-refractivity contribution in [3.8, 4) is 11.5 Å². The lowest BCUT2D eigenvalue weighted by atomic mass is 9.75. The summed E-state index contributed by atoms with van der Waals surface area (Å²) >= 11 is 0. The Labute approximate surface area is 173 Å². The molecule has 0 bridgehead atoms. The lowest BCUT2D eigenvalue weighted by molar-refractivity contribution is 0.262. The molecule has 4 heteroatoms. The second-order valence-electron chi connectivity index (χ2n) is 8.67. The van der Waals surface area contributed by atoms with Gasteiger partial charge in [-0.3, -0.25) is 0 Å². The molecule has 3 fully saturated rings. The Bertz CT molecular complexity index is 815. The van der Waals surface area contributed by atoms with Gasteiger partial charge < -0.3 is 18.9 Å². The molecule has 2 aromatic rings. The molecule has 0 spiro atoms. The molecular formula is C25H30O4. The molecule has 0 N–H and O–H groups in total. The molecule has 29 heavy (non-hydrogen) atoms. The van der Waals surface area contributed by atoms with Crippen LogP contribution in [0.25, 0.3) is 0 Å². The van der Waals surface area contributed by atoms with E-state index < -0.39 is 0 Å². The fourth-order valence-corrected chi connectivity index (χ4v) is 4.48. The molecule has 0 amide bonds. The number of aryl methyl sites for hydroxylation is 1. The topological polar surface area (TPSA) is 43.5 Å². The van der Waals surface area contributed by atoms with E-state index >= 15 is 0 Å². The number of ether oxygens (including phenoxy) is 4. The standard InChI is InChI=1S/C25H30O4/c1-17-12-22(27-14-24-16-29-24)10-11-25(17)20-4-2-18(3-5-20)19-6-8-21(9-7-19)26-13-23-15-28-23/h6-12,18,20,23-24H,2-5,13-16H2,1H3. The molecule has 3 aliphatic rings. The van der Waals surface area contributed by atoms with Crippen LogP contribution in [-0.2, 0) is 9.47 Å². The molecule has 4 nitrogen and oxygen atoms in total. The first kappa shape index (κ1) is 19.0. The SMILES string of the molecule is Cc1cc(OCC2CO2)ccc1C1CCC(c2ccc(OCC3CO3)cc2)CC1. The van der Waals surface area contributed by atoms with E-state index in [4.69, 9.17) is 18.9 Å². The van der Waals surface area contributed by atoms with E-state index in [9.17, 15) is 0 Å². The second-order valence-corrected chi connectivity index (χ2v) is 8.67. The van der Waals surface area contributed by atoms with Crippen LogP contribution in [0.1, 0.15) is 54.2 Å². The third kappa shape index (κ3) is 4.93. The van der Waals surface area contributed by atoms with Crippen LogP contribution in [0.3, 0.4) is 0 Å². The maximum Gasteiger partial charge on any atom is 0.119 e. The van der Waals surface area contributed by atoms with Gasteiger partial charge in [-0.1, -0.05) is 18.2 Å². The third-order valence-corrected chi connectivity index (χ3v) is 6.44. The van der Waals surface area contributed by atoms with E-state index in [1.165, 1.54) is 42.4 Å². The number of hydrogen-bond acceptors (Lipinski definition) is 4. The molecular weight excluding hydrogens is 364 g/mol. The molecule has 2 heterocycles. The molecule has 2 aromatic carbocycles. The molecule has 0 aromatic heterocycles. The Morgan fingerprint density at radius 1 is 0.759 bits per heavy atom. The van der Waals surface area contributed by atoms with Crippen molar-refractivity contribution in [2.24, 2.45) is 0 Å². The highest BCUT2D eigenvalue weighted by Gasteiger charge is 2.26. The minimum absolute atomic E-state index is 0.304. The summed E-state index contributed by atoms with van der Waals surface area (Å²) in [6, 6.07) is 15.3. The maximum atomic E-state index is 5.83. The fourth-order valence-electron chi connectivity index (χ4n) is 4.48. The number of hydrogen-bond donors (Lipinski definition) is 0. The van der Waals surface area contributed by atoms with Crippen molar-refractivity contribution in [3.63, 3.8) is 0 Å². The van der Waals surface area contributed by atoms with Crippen LogP contribution in [0.4, 0.5) is 0 Å². The first-order chi connectivity index (χ1) is 14.2. The monoisotopic (exact) mass is 394 g/mol. The highest BCUT2D eigenvalue weighted by atomic mass is 16.6. The molecule has 154 valence electrons. The van der Waals surface area contributed by atoms with Crippen molar-refractivity contribution in [1.29, 1.82) is 0 Å². The van der Waals surface area contributed by atoms with Gasteiger partial charge in [-0.05, 0) is 85.4 Å². The van der Waals surface area contributed by atoms with Crippen molar-refractivity contribution >= 4 is 0 Å². The molecule has 2 saturated heterocycles. The Balaban J connectivity index is 1.14. The summed E-state index contributed by atoms with van der Waals surface area (Å²) in [5.74, 6) is 3.23. The van der Waals surface area contributed by atoms with Gasteiger partial charge in [-0.2, -0.15) is 0 Å². The van der Waals surface area contributed by atoms with Crippen molar-refractivity contribution in [3.05, 3.63) is 59.2 Å². The molecule has 2 atom stereocenters. The van der Waals surface area contributed by atoms with Crippen LogP contribution < -0.4 is 9.47 Å². The molecule has 1 saturated carbocycles. The van der Waals surface area contributed by atoms with Gasteiger partial charge >= 0.3 is 0 Å². The first-order valence-electron chi connectivity index (χ1n) is 10.9. The average Bonchev–Trinajstić information content (AvgIpc) is 3.67. The lowest BCUT2D eigenvalue weighted by Gasteiger charge is -2.30. The van der Waals surface area contributed by atoms with Crippen LogP contribution >= 0.6 is 0 Å². The quantitative estimate of drug-likeness (QED) is 0.592. The van der Waals surface area contributed by atoms with Gasteiger partial charge in [0.05, 0.1) is 13.2 Å². The second kappa shape index (κ2) is 8.37. The van der Waals surface area contributed by atoms with Crippen molar-refractivity contribution in [2.75, 3.05) is 26.4 Å². The predicted octanol–water partition coefficient (Wildman–Crippen LogP) is 4.99. The van der Waals surface area contributed by atoms with Gasteiger partial charge in [0.15, 0.2) is 0 Å². The normalized spacial score (nSPS) is 28.0. The zero-order valence-electron chi connectivity index (χ0n) is 17.1. The largest absolute Gasteiger partial charge is 0.491 e. The summed E-state index contributed by atoms with van der Waals surface area (Å²) in [5, 5.41) is 0. The number of rotatable bonds is 8. The van der Waals surface area contributed by atoms with Crippen molar-refractivity contribution in [2.45, 2.75) is 56.7 Å². The summed E-state index contributed by atoms with van der Waals surface area (Å²) in [5.41, 5.74) is 4.29. The summed E-state index contributed by atoms with van der Waals surface area (Å²) in [4.78, 5) is 0. The van der Waals surface area contributed by atoms with Gasteiger partial charge in [0.1, 0.15) is 36.9 Å². The maximum absolute atomic E-state index is 5.83. The van der Waals surface area contributed by atoms with Crippen molar-refractivity contribution in [1.82, 2.24) is 0 Å². The number of epoxide rings is 2.